The molecule has 0 fully saturated rings. The van der Waals surface area contributed by atoms with Crippen LogP contribution in [0.3, 0.4) is 0 Å². The van der Waals surface area contributed by atoms with Crippen molar-refractivity contribution >= 4 is 39.5 Å². The molecule has 2 aromatic carbocycles. The number of hydrogen-bond donors (Lipinski definition) is 1. The average Bonchev–Trinajstić information content (AvgIpc) is 2.72. The molecule has 29 heavy (non-hydrogen) atoms. The predicted molar refractivity (Wildman–Crippen MR) is 124 cm³/mol. The van der Waals surface area contributed by atoms with Gasteiger partial charge in [0.15, 0.2) is 0 Å². The second kappa shape index (κ2) is 12.0. The van der Waals surface area contributed by atoms with Crippen LogP contribution in [-0.4, -0.2) is 35.1 Å². The van der Waals surface area contributed by atoms with Gasteiger partial charge in [0.05, 0.1) is 0 Å². The zero-order chi connectivity index (χ0) is 21.2. The Morgan fingerprint density at radius 3 is 2.38 bits per heavy atom. The molecule has 1 atom stereocenters. The van der Waals surface area contributed by atoms with Gasteiger partial charge < -0.3 is 10.2 Å². The number of thioether (sulfide) groups is 1. The number of nitrogens with zero attached hydrogens (tertiary/aromatic N) is 1. The van der Waals surface area contributed by atoms with E-state index in [4.69, 9.17) is 0 Å². The summed E-state index contributed by atoms with van der Waals surface area (Å²) >= 11 is 5.10. The molecule has 0 heterocycles. The lowest BCUT2D eigenvalue weighted by Crippen LogP contribution is -2.47. The second-order valence-corrected chi connectivity index (χ2v) is 9.11. The van der Waals surface area contributed by atoms with E-state index in [0.717, 1.165) is 21.4 Å². The van der Waals surface area contributed by atoms with E-state index in [1.807, 2.05) is 31.2 Å². The van der Waals surface area contributed by atoms with E-state index in [1.165, 1.54) is 5.56 Å². The Bertz CT molecular complexity index is 794. The molecule has 2 amide bonds. The molecule has 0 aliphatic heterocycles. The highest BCUT2D eigenvalue weighted by Gasteiger charge is 2.25. The van der Waals surface area contributed by atoms with Crippen molar-refractivity contribution in [2.24, 2.45) is 0 Å². The number of carbonyl (C=O) groups is 2. The van der Waals surface area contributed by atoms with Crippen molar-refractivity contribution in [3.63, 3.8) is 0 Å². The monoisotopic (exact) mass is 476 g/mol. The fourth-order valence-electron chi connectivity index (χ4n) is 2.80. The van der Waals surface area contributed by atoms with E-state index < -0.39 is 6.04 Å². The minimum Gasteiger partial charge on any atom is -0.354 e. The van der Waals surface area contributed by atoms with Crippen LogP contribution in [0, 0.1) is 6.92 Å². The first-order valence-corrected chi connectivity index (χ1v) is 11.7. The fraction of sp³-hybridized carbons (Fsp3) is 0.391. The van der Waals surface area contributed by atoms with Crippen LogP contribution in [0.15, 0.2) is 57.9 Å². The quantitative estimate of drug-likeness (QED) is 0.480. The van der Waals surface area contributed by atoms with Crippen molar-refractivity contribution in [3.8, 4) is 0 Å². The van der Waals surface area contributed by atoms with Crippen molar-refractivity contribution in [2.45, 2.75) is 51.1 Å². The van der Waals surface area contributed by atoms with Gasteiger partial charge in [-0.15, -0.1) is 11.8 Å². The Morgan fingerprint density at radius 2 is 1.76 bits per heavy atom. The molecule has 0 spiro atoms. The first kappa shape index (κ1) is 23.5. The molecular weight excluding hydrogens is 448 g/mol. The molecule has 0 saturated heterocycles. The van der Waals surface area contributed by atoms with Crippen LogP contribution in [0.4, 0.5) is 0 Å². The fourth-order valence-corrected chi connectivity index (χ4v) is 3.90. The number of benzene rings is 2. The van der Waals surface area contributed by atoms with Crippen LogP contribution < -0.4 is 5.32 Å². The Balaban J connectivity index is 2.03. The predicted octanol–water partition coefficient (Wildman–Crippen LogP) is 5.18. The maximum Gasteiger partial charge on any atom is 0.242 e. The van der Waals surface area contributed by atoms with Gasteiger partial charge in [0.1, 0.15) is 6.04 Å². The Hall–Kier alpha value is -1.79. The van der Waals surface area contributed by atoms with Gasteiger partial charge in [0, 0.05) is 34.6 Å². The van der Waals surface area contributed by atoms with Crippen LogP contribution in [0.5, 0.6) is 0 Å². The van der Waals surface area contributed by atoms with E-state index in [1.54, 1.807) is 23.6 Å². The largest absolute Gasteiger partial charge is 0.354 e. The van der Waals surface area contributed by atoms with Crippen LogP contribution >= 0.6 is 27.7 Å². The average molecular weight is 477 g/mol. The molecule has 0 bridgehead atoms. The van der Waals surface area contributed by atoms with Crippen LogP contribution in [0.25, 0.3) is 0 Å². The molecule has 156 valence electrons. The van der Waals surface area contributed by atoms with Crippen molar-refractivity contribution in [1.29, 1.82) is 0 Å². The smallest absolute Gasteiger partial charge is 0.242 e. The second-order valence-electron chi connectivity index (χ2n) is 7.03. The van der Waals surface area contributed by atoms with Gasteiger partial charge in [-0.3, -0.25) is 9.59 Å². The van der Waals surface area contributed by atoms with Gasteiger partial charge in [0.25, 0.3) is 0 Å². The molecule has 0 radical (unpaired) electrons. The van der Waals surface area contributed by atoms with Gasteiger partial charge in [0.2, 0.25) is 11.8 Å². The summed E-state index contributed by atoms with van der Waals surface area (Å²) in [5.74, 6) is 0.567. The summed E-state index contributed by atoms with van der Waals surface area (Å²) in [4.78, 5) is 28.3. The SMILES string of the molecule is CCCNC(=O)[C@H](C)N(Cc1ccc(Br)cc1)C(=O)CCSc1ccc(C)cc1. The summed E-state index contributed by atoms with van der Waals surface area (Å²) in [7, 11) is 0. The van der Waals surface area contributed by atoms with E-state index in [2.05, 4.69) is 52.4 Å². The number of nitrogens with one attached hydrogen (secondary N) is 1. The van der Waals surface area contributed by atoms with Gasteiger partial charge in [-0.2, -0.15) is 0 Å². The standard InChI is InChI=1S/C23H29BrN2O2S/c1-4-14-25-23(28)18(3)26(16-19-7-9-20(24)10-8-19)22(27)13-15-29-21-11-5-17(2)6-12-21/h5-12,18H,4,13-16H2,1-3H3,(H,25,28)/t18-/m0/s1. The number of rotatable bonds is 10. The first-order valence-electron chi connectivity index (χ1n) is 9.91. The van der Waals surface area contributed by atoms with E-state index in [0.29, 0.717) is 25.3 Å². The van der Waals surface area contributed by atoms with Crippen LogP contribution in [-0.2, 0) is 16.1 Å². The maximum atomic E-state index is 13.0. The molecule has 0 aromatic heterocycles. The lowest BCUT2D eigenvalue weighted by molar-refractivity contribution is -0.140. The molecule has 0 aliphatic rings. The van der Waals surface area contributed by atoms with E-state index in [-0.39, 0.29) is 11.8 Å². The zero-order valence-electron chi connectivity index (χ0n) is 17.3. The summed E-state index contributed by atoms with van der Waals surface area (Å²) < 4.78 is 0.988. The lowest BCUT2D eigenvalue weighted by atomic mass is 10.1. The summed E-state index contributed by atoms with van der Waals surface area (Å²) in [6.45, 7) is 6.91. The number of carbonyl (C=O) groups excluding carboxylic acids is 2. The van der Waals surface area contributed by atoms with Crippen LogP contribution in [0.1, 0.15) is 37.8 Å². The van der Waals surface area contributed by atoms with Gasteiger partial charge in [-0.05, 0) is 50.1 Å². The lowest BCUT2D eigenvalue weighted by Gasteiger charge is -2.29. The molecule has 2 aromatic rings. The molecule has 4 nitrogen and oxygen atoms in total. The number of hydrogen-bond acceptors (Lipinski definition) is 3. The van der Waals surface area contributed by atoms with Gasteiger partial charge in [-0.25, -0.2) is 0 Å². The summed E-state index contributed by atoms with van der Waals surface area (Å²) in [5.41, 5.74) is 2.22. The molecule has 6 heteroatoms. The van der Waals surface area contributed by atoms with Gasteiger partial charge >= 0.3 is 0 Å². The normalized spacial score (nSPS) is 11.7. The maximum absolute atomic E-state index is 13.0. The highest BCUT2D eigenvalue weighted by molar-refractivity contribution is 9.10. The number of amides is 2. The molecule has 0 saturated carbocycles. The van der Waals surface area contributed by atoms with Crippen molar-refractivity contribution in [1.82, 2.24) is 10.2 Å². The molecule has 1 N–H and O–H groups in total. The minimum atomic E-state index is -0.512. The molecule has 0 unspecified atom stereocenters. The minimum absolute atomic E-state index is 0.00770. The Labute approximate surface area is 186 Å². The van der Waals surface area contributed by atoms with E-state index in [9.17, 15) is 9.59 Å². The molecule has 0 aliphatic carbocycles. The third kappa shape index (κ3) is 7.86. The summed E-state index contributed by atoms with van der Waals surface area (Å²) in [6, 6.07) is 15.6. The zero-order valence-corrected chi connectivity index (χ0v) is 19.7. The van der Waals surface area contributed by atoms with Crippen molar-refractivity contribution in [2.75, 3.05) is 12.3 Å². The van der Waals surface area contributed by atoms with E-state index >= 15 is 0 Å². The number of aryl methyl sites for hydroxylation is 1. The van der Waals surface area contributed by atoms with Crippen molar-refractivity contribution in [3.05, 3.63) is 64.1 Å². The molecule has 2 rings (SSSR count). The summed E-state index contributed by atoms with van der Waals surface area (Å²) in [6.07, 6.45) is 1.26. The number of halogens is 1. The Morgan fingerprint density at radius 1 is 1.10 bits per heavy atom. The third-order valence-electron chi connectivity index (χ3n) is 4.59. The van der Waals surface area contributed by atoms with Gasteiger partial charge in [-0.1, -0.05) is 52.7 Å². The topological polar surface area (TPSA) is 49.4 Å². The Kier molecular flexibility index (Phi) is 9.74. The third-order valence-corrected chi connectivity index (χ3v) is 6.13. The highest BCUT2D eigenvalue weighted by atomic mass is 79.9. The highest BCUT2D eigenvalue weighted by Crippen LogP contribution is 2.21. The van der Waals surface area contributed by atoms with Crippen molar-refractivity contribution < 1.29 is 9.59 Å². The first-order chi connectivity index (χ1) is 13.9. The van der Waals surface area contributed by atoms with Crippen LogP contribution in [0.2, 0.25) is 0 Å². The summed E-state index contributed by atoms with van der Waals surface area (Å²) in [5, 5.41) is 2.90. The molecular formula is C23H29BrN2O2S.